The van der Waals surface area contributed by atoms with Crippen molar-refractivity contribution in [2.45, 2.75) is 32.8 Å². The van der Waals surface area contributed by atoms with Gasteiger partial charge in [0.05, 0.1) is 5.60 Å². The summed E-state index contributed by atoms with van der Waals surface area (Å²) in [6.07, 6.45) is 0.696. The number of aliphatic hydroxyl groups is 1. The first-order valence-corrected chi connectivity index (χ1v) is 5.52. The van der Waals surface area contributed by atoms with Gasteiger partial charge in [0.1, 0.15) is 0 Å². The molecular formula is C13H21NO. The van der Waals surface area contributed by atoms with Gasteiger partial charge in [-0.2, -0.15) is 0 Å². The van der Waals surface area contributed by atoms with Gasteiger partial charge in [0.15, 0.2) is 0 Å². The molecule has 1 aromatic carbocycles. The Labute approximate surface area is 92.3 Å². The number of rotatable bonds is 5. The first-order valence-electron chi connectivity index (χ1n) is 5.52. The maximum Gasteiger partial charge on any atom is 0.0783 e. The molecule has 0 aliphatic carbocycles. The molecule has 0 heterocycles. The number of hydrogen-bond donors (Lipinski definition) is 2. The van der Waals surface area contributed by atoms with E-state index in [1.807, 2.05) is 19.9 Å². The largest absolute Gasteiger partial charge is 0.389 e. The third kappa shape index (κ3) is 4.45. The molecule has 1 rings (SSSR count). The second kappa shape index (κ2) is 5.29. The van der Waals surface area contributed by atoms with Gasteiger partial charge < -0.3 is 10.4 Å². The monoisotopic (exact) mass is 207 g/mol. The van der Waals surface area contributed by atoms with Gasteiger partial charge in [-0.25, -0.2) is 0 Å². The Morgan fingerprint density at radius 1 is 1.40 bits per heavy atom. The lowest BCUT2D eigenvalue weighted by Crippen LogP contribution is -2.39. The quantitative estimate of drug-likeness (QED) is 0.773. The highest BCUT2D eigenvalue weighted by Crippen LogP contribution is 2.13. The van der Waals surface area contributed by atoms with Crippen molar-refractivity contribution < 1.29 is 5.11 Å². The number of nitrogens with one attached hydrogen (secondary N) is 1. The molecule has 0 amide bonds. The van der Waals surface area contributed by atoms with E-state index < -0.39 is 5.60 Å². The Balaban J connectivity index is 2.60. The highest BCUT2D eigenvalue weighted by molar-refractivity contribution is 5.23. The summed E-state index contributed by atoms with van der Waals surface area (Å²) in [6, 6.07) is 8.30. The van der Waals surface area contributed by atoms with Crippen LogP contribution in [0.5, 0.6) is 0 Å². The Kier molecular flexibility index (Phi) is 4.30. The van der Waals surface area contributed by atoms with Crippen LogP contribution in [0.2, 0.25) is 0 Å². The van der Waals surface area contributed by atoms with Crippen LogP contribution in [0, 0.1) is 6.92 Å². The van der Waals surface area contributed by atoms with Crippen molar-refractivity contribution in [2.75, 3.05) is 13.1 Å². The predicted octanol–water partition coefficient (Wildman–Crippen LogP) is 1.90. The highest BCUT2D eigenvalue weighted by atomic mass is 16.3. The Bertz CT molecular complexity index is 307. The summed E-state index contributed by atoms with van der Waals surface area (Å²) in [5.41, 5.74) is 1.77. The summed E-state index contributed by atoms with van der Waals surface area (Å²) in [6.45, 7) is 7.52. The molecule has 0 spiro atoms. The molecule has 0 radical (unpaired) electrons. The molecule has 0 bridgehead atoms. The normalized spacial score (nSPS) is 14.9. The average Bonchev–Trinajstić information content (AvgIpc) is 2.14. The zero-order valence-electron chi connectivity index (χ0n) is 9.88. The van der Waals surface area contributed by atoms with Crippen LogP contribution >= 0.6 is 0 Å². The minimum atomic E-state index is -0.663. The fourth-order valence-electron chi connectivity index (χ4n) is 1.72. The van der Waals surface area contributed by atoms with Crippen LogP contribution < -0.4 is 5.32 Å². The van der Waals surface area contributed by atoms with Gasteiger partial charge in [-0.1, -0.05) is 36.8 Å². The van der Waals surface area contributed by atoms with Crippen LogP contribution in [0.25, 0.3) is 0 Å². The van der Waals surface area contributed by atoms with E-state index in [0.29, 0.717) is 13.0 Å². The van der Waals surface area contributed by atoms with Gasteiger partial charge in [0.2, 0.25) is 0 Å². The van der Waals surface area contributed by atoms with E-state index in [2.05, 4.69) is 30.4 Å². The summed E-state index contributed by atoms with van der Waals surface area (Å²) < 4.78 is 0. The summed E-state index contributed by atoms with van der Waals surface area (Å²) in [7, 11) is 0. The van der Waals surface area contributed by atoms with Gasteiger partial charge in [0.25, 0.3) is 0 Å². The Hall–Kier alpha value is -0.860. The summed E-state index contributed by atoms with van der Waals surface area (Å²) in [5, 5.41) is 13.3. The number of benzene rings is 1. The van der Waals surface area contributed by atoms with Crippen molar-refractivity contribution >= 4 is 0 Å². The molecule has 0 saturated heterocycles. The molecule has 2 N–H and O–H groups in total. The van der Waals surface area contributed by atoms with E-state index in [1.165, 1.54) is 11.1 Å². The third-order valence-corrected chi connectivity index (χ3v) is 2.42. The number of aryl methyl sites for hydroxylation is 1. The topological polar surface area (TPSA) is 32.3 Å². The SMILES string of the molecule is CCNCC(C)(O)Cc1cccc(C)c1. The van der Waals surface area contributed by atoms with E-state index in [-0.39, 0.29) is 0 Å². The maximum atomic E-state index is 10.1. The molecule has 1 aromatic rings. The minimum Gasteiger partial charge on any atom is -0.389 e. The first-order chi connectivity index (χ1) is 7.03. The lowest BCUT2D eigenvalue weighted by Gasteiger charge is -2.23. The van der Waals surface area contributed by atoms with E-state index in [4.69, 9.17) is 0 Å². The molecule has 2 heteroatoms. The lowest BCUT2D eigenvalue weighted by atomic mass is 9.95. The van der Waals surface area contributed by atoms with Gasteiger partial charge in [-0.3, -0.25) is 0 Å². The van der Waals surface area contributed by atoms with Gasteiger partial charge in [-0.05, 0) is 26.0 Å². The number of hydrogen-bond acceptors (Lipinski definition) is 2. The van der Waals surface area contributed by atoms with Crippen molar-refractivity contribution in [1.82, 2.24) is 5.32 Å². The van der Waals surface area contributed by atoms with Crippen molar-refractivity contribution in [3.63, 3.8) is 0 Å². The minimum absolute atomic E-state index is 0.636. The fraction of sp³-hybridized carbons (Fsp3) is 0.538. The third-order valence-electron chi connectivity index (χ3n) is 2.42. The molecule has 1 atom stereocenters. The zero-order valence-corrected chi connectivity index (χ0v) is 9.88. The molecule has 2 nitrogen and oxygen atoms in total. The van der Waals surface area contributed by atoms with E-state index in [9.17, 15) is 5.11 Å². The molecular weight excluding hydrogens is 186 g/mol. The molecule has 84 valence electrons. The molecule has 0 saturated carbocycles. The summed E-state index contributed by atoms with van der Waals surface area (Å²) >= 11 is 0. The second-order valence-electron chi connectivity index (χ2n) is 4.44. The van der Waals surface area contributed by atoms with Crippen LogP contribution in [-0.2, 0) is 6.42 Å². The van der Waals surface area contributed by atoms with E-state index in [0.717, 1.165) is 6.54 Å². The highest BCUT2D eigenvalue weighted by Gasteiger charge is 2.19. The van der Waals surface area contributed by atoms with Crippen molar-refractivity contribution in [1.29, 1.82) is 0 Å². The molecule has 0 aliphatic rings. The Morgan fingerprint density at radius 2 is 2.13 bits per heavy atom. The van der Waals surface area contributed by atoms with Crippen molar-refractivity contribution in [3.8, 4) is 0 Å². The van der Waals surface area contributed by atoms with E-state index in [1.54, 1.807) is 0 Å². The maximum absolute atomic E-state index is 10.1. The molecule has 1 unspecified atom stereocenters. The lowest BCUT2D eigenvalue weighted by molar-refractivity contribution is 0.0607. The van der Waals surface area contributed by atoms with Crippen LogP contribution in [-0.4, -0.2) is 23.8 Å². The van der Waals surface area contributed by atoms with Gasteiger partial charge >= 0.3 is 0 Å². The average molecular weight is 207 g/mol. The van der Waals surface area contributed by atoms with Crippen LogP contribution in [0.1, 0.15) is 25.0 Å². The number of likely N-dealkylation sites (N-methyl/N-ethyl adjacent to an activating group) is 1. The van der Waals surface area contributed by atoms with Crippen molar-refractivity contribution in [2.24, 2.45) is 0 Å². The van der Waals surface area contributed by atoms with Crippen molar-refractivity contribution in [3.05, 3.63) is 35.4 Å². The van der Waals surface area contributed by atoms with Crippen LogP contribution in [0.15, 0.2) is 24.3 Å². The second-order valence-corrected chi connectivity index (χ2v) is 4.44. The van der Waals surface area contributed by atoms with E-state index >= 15 is 0 Å². The standard InChI is InChI=1S/C13H21NO/c1-4-14-10-13(3,15)9-12-7-5-6-11(2)8-12/h5-8,14-15H,4,9-10H2,1-3H3. The summed E-state index contributed by atoms with van der Waals surface area (Å²) in [4.78, 5) is 0. The van der Waals surface area contributed by atoms with Crippen LogP contribution in [0.3, 0.4) is 0 Å². The summed E-state index contributed by atoms with van der Waals surface area (Å²) in [5.74, 6) is 0. The van der Waals surface area contributed by atoms with Gasteiger partial charge in [0, 0.05) is 13.0 Å². The molecule has 0 aromatic heterocycles. The van der Waals surface area contributed by atoms with Crippen LogP contribution in [0.4, 0.5) is 0 Å². The zero-order chi connectivity index (χ0) is 11.3. The molecule has 0 aliphatic heterocycles. The Morgan fingerprint density at radius 3 is 2.73 bits per heavy atom. The fourth-order valence-corrected chi connectivity index (χ4v) is 1.72. The van der Waals surface area contributed by atoms with Gasteiger partial charge in [-0.15, -0.1) is 0 Å². The molecule has 0 fully saturated rings. The first kappa shape index (κ1) is 12.2. The molecule has 15 heavy (non-hydrogen) atoms. The predicted molar refractivity (Wildman–Crippen MR) is 64.1 cm³/mol. The smallest absolute Gasteiger partial charge is 0.0783 e.